The minimum absolute atomic E-state index is 0.223. The summed E-state index contributed by atoms with van der Waals surface area (Å²) in [4.78, 5) is 11.0. The third-order valence-corrected chi connectivity index (χ3v) is 2.11. The number of hydrogen-bond acceptors (Lipinski definition) is 3. The van der Waals surface area contributed by atoms with Crippen molar-refractivity contribution in [3.8, 4) is 0 Å². The third-order valence-electron chi connectivity index (χ3n) is 2.11. The van der Waals surface area contributed by atoms with E-state index in [9.17, 15) is 4.79 Å². The van der Waals surface area contributed by atoms with Gasteiger partial charge in [-0.15, -0.1) is 0 Å². The van der Waals surface area contributed by atoms with Crippen molar-refractivity contribution in [2.24, 2.45) is 0 Å². The van der Waals surface area contributed by atoms with E-state index in [-0.39, 0.29) is 12.5 Å². The van der Waals surface area contributed by atoms with Gasteiger partial charge in [0.05, 0.1) is 7.11 Å². The van der Waals surface area contributed by atoms with Crippen LogP contribution >= 0.6 is 0 Å². The van der Waals surface area contributed by atoms with Gasteiger partial charge in [-0.2, -0.15) is 0 Å². The van der Waals surface area contributed by atoms with Crippen molar-refractivity contribution in [1.29, 1.82) is 0 Å². The first kappa shape index (κ1) is 11.8. The minimum atomic E-state index is -0.223. The smallest absolute Gasteiger partial charge is 0.325 e. The molecule has 1 heterocycles. The zero-order valence-corrected chi connectivity index (χ0v) is 9.32. The lowest BCUT2D eigenvalue weighted by Gasteiger charge is -2.01. The van der Waals surface area contributed by atoms with Crippen LogP contribution in [0.5, 0.6) is 0 Å². The van der Waals surface area contributed by atoms with Crippen molar-refractivity contribution in [2.75, 3.05) is 13.7 Å². The van der Waals surface area contributed by atoms with E-state index in [1.807, 2.05) is 23.0 Å². The first-order chi connectivity index (χ1) is 7.26. The molecular weight excluding hydrogens is 192 g/mol. The molecule has 0 saturated heterocycles. The fourth-order valence-electron chi connectivity index (χ4n) is 1.32. The van der Waals surface area contributed by atoms with Crippen LogP contribution in [0.1, 0.15) is 18.9 Å². The number of aromatic nitrogens is 1. The Balaban J connectivity index is 2.38. The van der Waals surface area contributed by atoms with Gasteiger partial charge in [-0.3, -0.25) is 4.79 Å². The van der Waals surface area contributed by atoms with Gasteiger partial charge in [0.15, 0.2) is 0 Å². The number of carbonyl (C=O) groups is 1. The molecule has 0 radical (unpaired) electrons. The SMILES string of the molecule is CCCNCc1ccn(CC(=O)OC)c1. The average Bonchev–Trinajstić information content (AvgIpc) is 2.66. The van der Waals surface area contributed by atoms with Crippen LogP contribution < -0.4 is 5.32 Å². The van der Waals surface area contributed by atoms with Crippen LogP contribution in [0.3, 0.4) is 0 Å². The van der Waals surface area contributed by atoms with Gasteiger partial charge < -0.3 is 14.6 Å². The maximum absolute atomic E-state index is 11.0. The maximum Gasteiger partial charge on any atom is 0.325 e. The normalized spacial score (nSPS) is 10.3. The van der Waals surface area contributed by atoms with Crippen LogP contribution in [-0.2, 0) is 22.6 Å². The van der Waals surface area contributed by atoms with E-state index in [1.54, 1.807) is 0 Å². The molecule has 1 N–H and O–H groups in total. The number of rotatable bonds is 6. The van der Waals surface area contributed by atoms with Gasteiger partial charge in [0.2, 0.25) is 0 Å². The van der Waals surface area contributed by atoms with Crippen molar-refractivity contribution < 1.29 is 9.53 Å². The molecule has 84 valence electrons. The molecule has 4 heteroatoms. The fourth-order valence-corrected chi connectivity index (χ4v) is 1.32. The summed E-state index contributed by atoms with van der Waals surface area (Å²) in [5, 5.41) is 3.30. The van der Waals surface area contributed by atoms with Gasteiger partial charge >= 0.3 is 5.97 Å². The second-order valence-corrected chi connectivity index (χ2v) is 3.44. The molecule has 4 nitrogen and oxygen atoms in total. The molecule has 1 aromatic heterocycles. The zero-order valence-electron chi connectivity index (χ0n) is 9.32. The maximum atomic E-state index is 11.0. The van der Waals surface area contributed by atoms with Gasteiger partial charge in [0.1, 0.15) is 6.54 Å². The van der Waals surface area contributed by atoms with Crippen molar-refractivity contribution >= 4 is 5.97 Å². The van der Waals surface area contributed by atoms with Crippen LogP contribution in [0.2, 0.25) is 0 Å². The summed E-state index contributed by atoms with van der Waals surface area (Å²) < 4.78 is 6.41. The van der Waals surface area contributed by atoms with Gasteiger partial charge in [0.25, 0.3) is 0 Å². The molecule has 0 saturated carbocycles. The summed E-state index contributed by atoms with van der Waals surface area (Å²) >= 11 is 0. The van der Waals surface area contributed by atoms with Gasteiger partial charge in [0, 0.05) is 18.9 Å². The van der Waals surface area contributed by atoms with Crippen LogP contribution in [0.4, 0.5) is 0 Å². The van der Waals surface area contributed by atoms with E-state index in [4.69, 9.17) is 0 Å². The number of nitrogens with one attached hydrogen (secondary N) is 1. The third kappa shape index (κ3) is 4.16. The lowest BCUT2D eigenvalue weighted by molar-refractivity contribution is -0.141. The van der Waals surface area contributed by atoms with Crippen LogP contribution in [0.25, 0.3) is 0 Å². The molecule has 0 aliphatic rings. The Morgan fingerprint density at radius 1 is 1.60 bits per heavy atom. The van der Waals surface area contributed by atoms with Gasteiger partial charge in [-0.1, -0.05) is 6.92 Å². The highest BCUT2D eigenvalue weighted by Gasteiger charge is 2.02. The predicted octanol–water partition coefficient (Wildman–Crippen LogP) is 1.16. The van der Waals surface area contributed by atoms with E-state index in [1.165, 1.54) is 12.7 Å². The standard InChI is InChI=1S/C11H18N2O2/c1-3-5-12-7-10-4-6-13(8-10)9-11(14)15-2/h4,6,8,12H,3,5,7,9H2,1-2H3. The van der Waals surface area contributed by atoms with E-state index >= 15 is 0 Å². The molecule has 15 heavy (non-hydrogen) atoms. The Morgan fingerprint density at radius 2 is 2.40 bits per heavy atom. The zero-order chi connectivity index (χ0) is 11.1. The van der Waals surface area contributed by atoms with Crippen molar-refractivity contribution in [2.45, 2.75) is 26.4 Å². The second kappa shape index (κ2) is 6.24. The summed E-state index contributed by atoms with van der Waals surface area (Å²) in [6.45, 7) is 4.28. The summed E-state index contributed by atoms with van der Waals surface area (Å²) in [5.41, 5.74) is 1.19. The Kier molecular flexibility index (Phi) is 4.90. The van der Waals surface area contributed by atoms with Crippen LogP contribution in [0.15, 0.2) is 18.5 Å². The molecular formula is C11H18N2O2. The van der Waals surface area contributed by atoms with Crippen molar-refractivity contribution in [3.63, 3.8) is 0 Å². The molecule has 0 spiro atoms. The first-order valence-electron chi connectivity index (χ1n) is 5.18. The highest BCUT2D eigenvalue weighted by atomic mass is 16.5. The molecule has 0 fully saturated rings. The number of esters is 1. The Bertz CT molecular complexity index is 307. The quantitative estimate of drug-likeness (QED) is 0.566. The first-order valence-corrected chi connectivity index (χ1v) is 5.18. The highest BCUT2D eigenvalue weighted by molar-refractivity contribution is 5.68. The second-order valence-electron chi connectivity index (χ2n) is 3.44. The summed E-state index contributed by atoms with van der Waals surface area (Å²) in [7, 11) is 1.40. The summed E-state index contributed by atoms with van der Waals surface area (Å²) in [6, 6.07) is 2.01. The monoisotopic (exact) mass is 210 g/mol. The predicted molar refractivity (Wildman–Crippen MR) is 58.4 cm³/mol. The Morgan fingerprint density at radius 3 is 3.07 bits per heavy atom. The van der Waals surface area contributed by atoms with E-state index in [2.05, 4.69) is 17.0 Å². The molecule has 0 unspecified atom stereocenters. The van der Waals surface area contributed by atoms with Crippen LogP contribution in [0, 0.1) is 0 Å². The largest absolute Gasteiger partial charge is 0.468 e. The van der Waals surface area contributed by atoms with E-state index in [0.29, 0.717) is 0 Å². The summed E-state index contributed by atoms with van der Waals surface area (Å²) in [6.07, 6.45) is 4.97. The Labute approximate surface area is 90.2 Å². The summed E-state index contributed by atoms with van der Waals surface area (Å²) in [5.74, 6) is -0.223. The molecule has 1 rings (SSSR count). The van der Waals surface area contributed by atoms with Gasteiger partial charge in [-0.25, -0.2) is 0 Å². The molecule has 1 aromatic rings. The van der Waals surface area contributed by atoms with Crippen LogP contribution in [-0.4, -0.2) is 24.2 Å². The van der Waals surface area contributed by atoms with Gasteiger partial charge in [-0.05, 0) is 24.6 Å². The molecule has 0 aliphatic heterocycles. The molecule has 0 amide bonds. The lowest BCUT2D eigenvalue weighted by atomic mass is 10.3. The lowest BCUT2D eigenvalue weighted by Crippen LogP contribution is -2.13. The number of hydrogen-bond donors (Lipinski definition) is 1. The topological polar surface area (TPSA) is 43.3 Å². The number of methoxy groups -OCH3 is 1. The van der Waals surface area contributed by atoms with Crippen molar-refractivity contribution in [1.82, 2.24) is 9.88 Å². The molecule has 0 aliphatic carbocycles. The minimum Gasteiger partial charge on any atom is -0.468 e. The highest BCUT2D eigenvalue weighted by Crippen LogP contribution is 2.01. The van der Waals surface area contributed by atoms with E-state index < -0.39 is 0 Å². The molecule has 0 atom stereocenters. The average molecular weight is 210 g/mol. The number of ether oxygens (including phenoxy) is 1. The number of nitrogens with zero attached hydrogens (tertiary/aromatic N) is 1. The molecule has 0 aromatic carbocycles. The Hall–Kier alpha value is -1.29. The fraction of sp³-hybridized carbons (Fsp3) is 0.545. The van der Waals surface area contributed by atoms with E-state index in [0.717, 1.165) is 19.5 Å². The number of carbonyl (C=O) groups excluding carboxylic acids is 1. The van der Waals surface area contributed by atoms with Crippen molar-refractivity contribution in [3.05, 3.63) is 24.0 Å². The molecule has 0 bridgehead atoms.